The van der Waals surface area contributed by atoms with Gasteiger partial charge in [-0.3, -0.25) is 19.5 Å². The number of nitrogens with zero attached hydrogens (tertiary/aromatic N) is 2. The second-order valence-electron chi connectivity index (χ2n) is 5.78. The Bertz CT molecular complexity index is 1110. The lowest BCUT2D eigenvalue weighted by Gasteiger charge is -2.15. The highest BCUT2D eigenvalue weighted by atomic mass is 32.2. The number of fused-ring (bicyclic) bond motifs is 1. The normalized spacial score (nSPS) is 10.6. The SMILES string of the molecule is CCOC(=O)NC(=O)CSc1nc2ccccc2c(=O)n1-c1ccccc1OC. The third-order valence-corrected chi connectivity index (χ3v) is 4.86. The molecule has 1 heterocycles. The molecule has 1 aromatic heterocycles. The molecule has 150 valence electrons. The van der Waals surface area contributed by atoms with E-state index in [2.05, 4.69) is 10.3 Å². The van der Waals surface area contributed by atoms with Crippen molar-refractivity contribution in [1.29, 1.82) is 0 Å². The standard InChI is InChI=1S/C20H19N3O5S/c1-3-28-20(26)22-17(24)12-29-19-21-14-9-5-4-8-13(14)18(25)23(19)15-10-6-7-11-16(15)27-2/h4-11H,3,12H2,1-2H3,(H,22,24,26). The highest BCUT2D eigenvalue weighted by Crippen LogP contribution is 2.26. The number of hydrogen-bond donors (Lipinski definition) is 1. The van der Waals surface area contributed by atoms with Gasteiger partial charge in [0, 0.05) is 0 Å². The first-order valence-corrected chi connectivity index (χ1v) is 9.78. The highest BCUT2D eigenvalue weighted by molar-refractivity contribution is 7.99. The number of ether oxygens (including phenoxy) is 2. The van der Waals surface area contributed by atoms with Crippen LogP contribution in [0.4, 0.5) is 4.79 Å². The summed E-state index contributed by atoms with van der Waals surface area (Å²) in [7, 11) is 1.51. The van der Waals surface area contributed by atoms with E-state index in [1.54, 1.807) is 55.5 Å². The van der Waals surface area contributed by atoms with Crippen LogP contribution in [0.25, 0.3) is 16.6 Å². The van der Waals surface area contributed by atoms with Crippen molar-refractivity contribution in [3.8, 4) is 11.4 Å². The number of methoxy groups -OCH3 is 1. The lowest BCUT2D eigenvalue weighted by molar-refractivity contribution is -0.117. The number of para-hydroxylation sites is 3. The molecule has 2 aromatic carbocycles. The topological polar surface area (TPSA) is 99.5 Å². The number of imide groups is 1. The lowest BCUT2D eigenvalue weighted by Crippen LogP contribution is -2.32. The number of benzene rings is 2. The van der Waals surface area contributed by atoms with Crippen LogP contribution in [-0.2, 0) is 9.53 Å². The van der Waals surface area contributed by atoms with Crippen LogP contribution < -0.4 is 15.6 Å². The van der Waals surface area contributed by atoms with Crippen molar-refractivity contribution in [3.63, 3.8) is 0 Å². The van der Waals surface area contributed by atoms with Gasteiger partial charge < -0.3 is 9.47 Å². The summed E-state index contributed by atoms with van der Waals surface area (Å²) in [5.41, 5.74) is 0.733. The monoisotopic (exact) mass is 413 g/mol. The maximum Gasteiger partial charge on any atom is 0.413 e. The molecule has 3 aromatic rings. The summed E-state index contributed by atoms with van der Waals surface area (Å²) >= 11 is 1.03. The fraction of sp³-hybridized carbons (Fsp3) is 0.200. The fourth-order valence-electron chi connectivity index (χ4n) is 2.68. The van der Waals surface area contributed by atoms with Gasteiger partial charge in [0.05, 0.1) is 36.1 Å². The Morgan fingerprint density at radius 1 is 1.14 bits per heavy atom. The molecule has 0 aliphatic rings. The molecule has 9 heteroatoms. The fourth-order valence-corrected chi connectivity index (χ4v) is 3.49. The van der Waals surface area contributed by atoms with E-state index in [4.69, 9.17) is 9.47 Å². The van der Waals surface area contributed by atoms with Crippen molar-refractivity contribution in [1.82, 2.24) is 14.9 Å². The van der Waals surface area contributed by atoms with Crippen LogP contribution in [0.3, 0.4) is 0 Å². The molecule has 29 heavy (non-hydrogen) atoms. The second kappa shape index (κ2) is 9.24. The van der Waals surface area contributed by atoms with Gasteiger partial charge in [0.25, 0.3) is 5.56 Å². The molecule has 0 bridgehead atoms. The van der Waals surface area contributed by atoms with Gasteiger partial charge in [0.2, 0.25) is 5.91 Å². The van der Waals surface area contributed by atoms with Crippen LogP contribution in [-0.4, -0.2) is 41.0 Å². The average molecular weight is 413 g/mol. The molecule has 0 fully saturated rings. The third kappa shape index (κ3) is 4.57. The Balaban J connectivity index is 2.02. The van der Waals surface area contributed by atoms with Gasteiger partial charge in [0.1, 0.15) is 5.75 Å². The summed E-state index contributed by atoms with van der Waals surface area (Å²) in [6.45, 7) is 1.80. The first-order chi connectivity index (χ1) is 14.0. The Morgan fingerprint density at radius 2 is 1.86 bits per heavy atom. The van der Waals surface area contributed by atoms with E-state index in [0.29, 0.717) is 27.5 Å². The maximum absolute atomic E-state index is 13.2. The van der Waals surface area contributed by atoms with E-state index in [0.717, 1.165) is 11.8 Å². The largest absolute Gasteiger partial charge is 0.495 e. The minimum absolute atomic E-state index is 0.126. The first-order valence-electron chi connectivity index (χ1n) is 8.79. The third-order valence-electron chi connectivity index (χ3n) is 3.92. The molecule has 2 amide bonds. The zero-order valence-corrected chi connectivity index (χ0v) is 16.7. The Hall–Kier alpha value is -3.33. The van der Waals surface area contributed by atoms with E-state index in [1.165, 1.54) is 11.7 Å². The second-order valence-corrected chi connectivity index (χ2v) is 6.72. The van der Waals surface area contributed by atoms with Gasteiger partial charge in [-0.05, 0) is 31.2 Å². The molecule has 0 aliphatic heterocycles. The molecule has 1 N–H and O–H groups in total. The molecule has 0 aliphatic carbocycles. The average Bonchev–Trinajstić information content (AvgIpc) is 2.72. The van der Waals surface area contributed by atoms with Gasteiger partial charge in [-0.2, -0.15) is 0 Å². The molecule has 3 rings (SSSR count). The molecule has 0 atom stereocenters. The van der Waals surface area contributed by atoms with Crippen molar-refractivity contribution in [2.75, 3.05) is 19.5 Å². The van der Waals surface area contributed by atoms with Crippen molar-refractivity contribution in [2.45, 2.75) is 12.1 Å². The van der Waals surface area contributed by atoms with Gasteiger partial charge in [0.15, 0.2) is 5.16 Å². The highest BCUT2D eigenvalue weighted by Gasteiger charge is 2.18. The van der Waals surface area contributed by atoms with Crippen LogP contribution in [0.15, 0.2) is 58.5 Å². The van der Waals surface area contributed by atoms with E-state index in [9.17, 15) is 14.4 Å². The van der Waals surface area contributed by atoms with Crippen molar-refractivity contribution in [3.05, 3.63) is 58.9 Å². The minimum Gasteiger partial charge on any atom is -0.495 e. The molecule has 0 saturated heterocycles. The van der Waals surface area contributed by atoms with Gasteiger partial charge >= 0.3 is 6.09 Å². The summed E-state index contributed by atoms with van der Waals surface area (Å²) in [6.07, 6.45) is -0.813. The smallest absolute Gasteiger partial charge is 0.413 e. The molecule has 8 nitrogen and oxygen atoms in total. The molecular weight excluding hydrogens is 394 g/mol. The first kappa shape index (κ1) is 20.4. The van der Waals surface area contributed by atoms with Crippen LogP contribution in [0.2, 0.25) is 0 Å². The predicted molar refractivity (Wildman–Crippen MR) is 110 cm³/mol. The van der Waals surface area contributed by atoms with Crippen LogP contribution in [0.5, 0.6) is 5.75 Å². The number of hydrogen-bond acceptors (Lipinski definition) is 7. The molecular formula is C20H19N3O5S. The Labute approximate surface area is 170 Å². The quantitative estimate of drug-likeness (QED) is 0.490. The summed E-state index contributed by atoms with van der Waals surface area (Å²) in [4.78, 5) is 41.2. The molecule has 0 saturated carbocycles. The minimum atomic E-state index is -0.813. The van der Waals surface area contributed by atoms with E-state index in [-0.39, 0.29) is 17.9 Å². The van der Waals surface area contributed by atoms with Crippen LogP contribution in [0.1, 0.15) is 6.92 Å². The predicted octanol–water partition coefficient (Wildman–Crippen LogP) is 2.76. The molecule has 0 spiro atoms. The Kier molecular flexibility index (Phi) is 6.50. The van der Waals surface area contributed by atoms with Gasteiger partial charge in [-0.15, -0.1) is 0 Å². The summed E-state index contributed by atoms with van der Waals surface area (Å²) in [6, 6.07) is 14.0. The number of carbonyl (C=O) groups is 2. The van der Waals surface area contributed by atoms with Crippen LogP contribution >= 0.6 is 11.8 Å². The Morgan fingerprint density at radius 3 is 2.62 bits per heavy atom. The zero-order chi connectivity index (χ0) is 20.8. The van der Waals surface area contributed by atoms with E-state index in [1.807, 2.05) is 0 Å². The number of carbonyl (C=O) groups excluding carboxylic acids is 2. The summed E-state index contributed by atoms with van der Waals surface area (Å²) in [5, 5.41) is 2.87. The number of thioether (sulfide) groups is 1. The summed E-state index contributed by atoms with van der Waals surface area (Å²) in [5.74, 6) is -0.189. The van der Waals surface area contributed by atoms with Crippen molar-refractivity contribution in [2.24, 2.45) is 0 Å². The van der Waals surface area contributed by atoms with E-state index < -0.39 is 12.0 Å². The maximum atomic E-state index is 13.2. The number of alkyl carbamates (subject to hydrolysis) is 1. The number of amides is 2. The van der Waals surface area contributed by atoms with Crippen molar-refractivity contribution >= 4 is 34.7 Å². The molecule has 0 unspecified atom stereocenters. The van der Waals surface area contributed by atoms with Crippen molar-refractivity contribution < 1.29 is 19.1 Å². The number of aromatic nitrogens is 2. The van der Waals surface area contributed by atoms with Crippen LogP contribution in [0, 0.1) is 0 Å². The van der Waals surface area contributed by atoms with Gasteiger partial charge in [-0.25, -0.2) is 9.78 Å². The van der Waals surface area contributed by atoms with Gasteiger partial charge in [-0.1, -0.05) is 36.0 Å². The number of rotatable bonds is 6. The number of nitrogens with one attached hydrogen (secondary N) is 1. The summed E-state index contributed by atoms with van der Waals surface area (Å²) < 4.78 is 11.5. The lowest BCUT2D eigenvalue weighted by atomic mass is 10.2. The van der Waals surface area contributed by atoms with E-state index >= 15 is 0 Å². The molecule has 0 radical (unpaired) electrons. The zero-order valence-electron chi connectivity index (χ0n) is 15.9.